The number of halogens is 4. The Morgan fingerprint density at radius 3 is 2.48 bits per heavy atom. The molecule has 2 aromatic rings. The minimum atomic E-state index is -2.85. The molecule has 0 amide bonds. The van der Waals surface area contributed by atoms with Crippen molar-refractivity contribution in [2.45, 2.75) is 50.0 Å². The second-order valence-electron chi connectivity index (χ2n) is 7.36. The molecule has 2 aromatic carbocycles. The van der Waals surface area contributed by atoms with Gasteiger partial charge in [-0.25, -0.2) is 4.39 Å². The Labute approximate surface area is 174 Å². The molecule has 0 saturated heterocycles. The highest BCUT2D eigenvalue weighted by atomic mass is 35.5. The molecule has 29 heavy (non-hydrogen) atoms. The maximum absolute atomic E-state index is 13.6. The van der Waals surface area contributed by atoms with Crippen LogP contribution in [0.5, 0.6) is 5.75 Å². The number of alkyl halides is 3. The van der Waals surface area contributed by atoms with Crippen molar-refractivity contribution >= 4 is 17.2 Å². The fourth-order valence-electron chi connectivity index (χ4n) is 3.82. The van der Waals surface area contributed by atoms with Crippen molar-refractivity contribution < 1.29 is 17.9 Å². The van der Waals surface area contributed by atoms with E-state index in [1.165, 1.54) is 12.1 Å². The highest BCUT2D eigenvalue weighted by molar-refractivity contribution is 6.20. The van der Waals surface area contributed by atoms with Crippen LogP contribution in [0.2, 0.25) is 0 Å². The summed E-state index contributed by atoms with van der Waals surface area (Å²) in [6.07, 6.45) is 9.49. The zero-order valence-electron chi connectivity index (χ0n) is 16.3. The zero-order chi connectivity index (χ0) is 20.9. The lowest BCUT2D eigenvalue weighted by atomic mass is 9.70. The fraction of sp³-hybridized carbons (Fsp3) is 0.333. The van der Waals surface area contributed by atoms with Crippen molar-refractivity contribution in [2.75, 3.05) is 0 Å². The summed E-state index contributed by atoms with van der Waals surface area (Å²) in [5.74, 6) is -0.141. The quantitative estimate of drug-likeness (QED) is 0.401. The third-order valence-corrected chi connectivity index (χ3v) is 5.64. The minimum Gasteiger partial charge on any atom is -0.435 e. The molecular weight excluding hydrogens is 397 g/mol. The molecule has 2 atom stereocenters. The van der Waals surface area contributed by atoms with Gasteiger partial charge < -0.3 is 4.74 Å². The molecule has 0 aromatic heterocycles. The van der Waals surface area contributed by atoms with Crippen LogP contribution < -0.4 is 4.74 Å². The Morgan fingerprint density at radius 1 is 1.14 bits per heavy atom. The molecule has 1 aliphatic rings. The van der Waals surface area contributed by atoms with Gasteiger partial charge in [0.25, 0.3) is 0 Å². The van der Waals surface area contributed by atoms with Gasteiger partial charge >= 0.3 is 6.61 Å². The molecule has 0 spiro atoms. The lowest BCUT2D eigenvalue weighted by Crippen LogP contribution is -2.28. The average molecular weight is 421 g/mol. The molecule has 154 valence electrons. The summed E-state index contributed by atoms with van der Waals surface area (Å²) in [7, 11) is 0. The van der Waals surface area contributed by atoms with Crippen LogP contribution in [-0.4, -0.2) is 12.0 Å². The average Bonchev–Trinajstić information content (AvgIpc) is 2.69. The van der Waals surface area contributed by atoms with E-state index in [0.717, 1.165) is 36.0 Å². The van der Waals surface area contributed by atoms with Crippen LogP contribution in [0.1, 0.15) is 43.7 Å². The molecule has 0 fully saturated rings. The molecule has 3 rings (SSSR count). The van der Waals surface area contributed by atoms with Crippen LogP contribution in [-0.2, 0) is 5.41 Å². The van der Waals surface area contributed by atoms with Crippen LogP contribution in [0.3, 0.4) is 0 Å². The second-order valence-corrected chi connectivity index (χ2v) is 7.97. The smallest absolute Gasteiger partial charge is 0.387 e. The topological polar surface area (TPSA) is 9.23 Å². The maximum atomic E-state index is 13.6. The van der Waals surface area contributed by atoms with Gasteiger partial charge in [-0.1, -0.05) is 55.8 Å². The molecule has 0 heterocycles. The number of hydrogen-bond acceptors (Lipinski definition) is 1. The van der Waals surface area contributed by atoms with E-state index in [0.29, 0.717) is 6.42 Å². The van der Waals surface area contributed by atoms with E-state index >= 15 is 0 Å². The van der Waals surface area contributed by atoms with E-state index in [9.17, 15) is 13.2 Å². The first-order valence-corrected chi connectivity index (χ1v) is 10.2. The van der Waals surface area contributed by atoms with Gasteiger partial charge in [-0.2, -0.15) is 8.78 Å². The summed E-state index contributed by atoms with van der Waals surface area (Å²) in [5.41, 5.74) is 2.43. The maximum Gasteiger partial charge on any atom is 0.387 e. The van der Waals surface area contributed by atoms with Gasteiger partial charge in [0.2, 0.25) is 0 Å². The summed E-state index contributed by atoms with van der Waals surface area (Å²) >= 11 is 6.60. The number of ether oxygens (including phenoxy) is 1. The van der Waals surface area contributed by atoms with Gasteiger partial charge in [-0.3, -0.25) is 0 Å². The molecule has 0 bridgehead atoms. The van der Waals surface area contributed by atoms with Crippen LogP contribution >= 0.6 is 11.6 Å². The lowest BCUT2D eigenvalue weighted by molar-refractivity contribution is -0.0498. The number of hydrogen-bond donors (Lipinski definition) is 0. The van der Waals surface area contributed by atoms with Crippen molar-refractivity contribution in [3.63, 3.8) is 0 Å². The molecule has 0 N–H and O–H groups in total. The third kappa shape index (κ3) is 5.45. The molecule has 0 radical (unpaired) electrons. The van der Waals surface area contributed by atoms with E-state index in [-0.39, 0.29) is 22.4 Å². The van der Waals surface area contributed by atoms with Crippen molar-refractivity contribution in [3.8, 4) is 5.75 Å². The summed E-state index contributed by atoms with van der Waals surface area (Å²) in [6, 6.07) is 13.3. The van der Waals surface area contributed by atoms with E-state index < -0.39 is 6.61 Å². The Bertz CT molecular complexity index is 876. The highest BCUT2D eigenvalue weighted by Crippen LogP contribution is 2.42. The van der Waals surface area contributed by atoms with Gasteiger partial charge in [0.15, 0.2) is 0 Å². The highest BCUT2D eigenvalue weighted by Gasteiger charge is 2.33. The van der Waals surface area contributed by atoms with Gasteiger partial charge in [0.05, 0.1) is 0 Å². The van der Waals surface area contributed by atoms with Crippen LogP contribution in [0.4, 0.5) is 13.2 Å². The van der Waals surface area contributed by atoms with E-state index in [1.807, 2.05) is 24.3 Å². The number of allylic oxidation sites excluding steroid dienone is 4. The standard InChI is InChI=1S/C24H24ClF3O/c1-2-4-20(25)16-24(19-7-9-22(10-8-19)29-23(27)28)13-11-17(12-14-24)18-5-3-6-21(26)15-18/h3,5-13,15,20,23H,2,4,14,16H2,1H3. The monoisotopic (exact) mass is 420 g/mol. The molecular formula is C24H24ClF3O. The fourth-order valence-corrected chi connectivity index (χ4v) is 4.32. The molecule has 2 unspecified atom stereocenters. The summed E-state index contributed by atoms with van der Waals surface area (Å²) in [6.45, 7) is -0.755. The van der Waals surface area contributed by atoms with Gasteiger partial charge in [0.1, 0.15) is 11.6 Å². The number of rotatable bonds is 8. The predicted octanol–water partition coefficient (Wildman–Crippen LogP) is 7.51. The molecule has 0 aliphatic heterocycles. The Hall–Kier alpha value is -2.20. The number of benzene rings is 2. The van der Waals surface area contributed by atoms with E-state index in [4.69, 9.17) is 11.6 Å². The van der Waals surface area contributed by atoms with Crippen molar-refractivity contribution in [3.05, 3.63) is 83.7 Å². The van der Waals surface area contributed by atoms with Gasteiger partial charge in [-0.05, 0) is 60.2 Å². The Balaban J connectivity index is 1.89. The van der Waals surface area contributed by atoms with Gasteiger partial charge in [-0.15, -0.1) is 11.6 Å². The molecule has 5 heteroatoms. The first kappa shape index (κ1) is 21.5. The van der Waals surface area contributed by atoms with Gasteiger partial charge in [0, 0.05) is 10.8 Å². The van der Waals surface area contributed by atoms with Crippen molar-refractivity contribution in [1.29, 1.82) is 0 Å². The summed E-state index contributed by atoms with van der Waals surface area (Å²) < 4.78 is 43.0. The SMILES string of the molecule is CCCC(Cl)CC1(c2ccc(OC(F)F)cc2)C=CC(c2cccc(F)c2)=CC1. The first-order chi connectivity index (χ1) is 13.9. The largest absolute Gasteiger partial charge is 0.435 e. The first-order valence-electron chi connectivity index (χ1n) is 9.76. The van der Waals surface area contributed by atoms with Crippen LogP contribution in [0.25, 0.3) is 5.57 Å². The summed E-state index contributed by atoms with van der Waals surface area (Å²) in [5, 5.41) is -0.00856. The molecule has 1 nitrogen and oxygen atoms in total. The van der Waals surface area contributed by atoms with Crippen LogP contribution in [0, 0.1) is 5.82 Å². The van der Waals surface area contributed by atoms with Crippen LogP contribution in [0.15, 0.2) is 66.8 Å². The zero-order valence-corrected chi connectivity index (χ0v) is 17.0. The third-order valence-electron chi connectivity index (χ3n) is 5.27. The van der Waals surface area contributed by atoms with E-state index in [2.05, 4.69) is 23.8 Å². The second kappa shape index (κ2) is 9.53. The Kier molecular flexibility index (Phi) is 7.07. The van der Waals surface area contributed by atoms with E-state index in [1.54, 1.807) is 18.2 Å². The Morgan fingerprint density at radius 2 is 1.90 bits per heavy atom. The summed E-state index contributed by atoms with van der Waals surface area (Å²) in [4.78, 5) is 0. The van der Waals surface area contributed by atoms with Crippen molar-refractivity contribution in [1.82, 2.24) is 0 Å². The van der Waals surface area contributed by atoms with Crippen molar-refractivity contribution in [2.24, 2.45) is 0 Å². The minimum absolute atomic E-state index is 0.00856. The molecule has 0 saturated carbocycles. The molecule has 1 aliphatic carbocycles. The normalized spacial score (nSPS) is 19.9. The lowest BCUT2D eigenvalue weighted by Gasteiger charge is -2.35. The predicted molar refractivity (Wildman–Crippen MR) is 112 cm³/mol.